The van der Waals surface area contributed by atoms with Gasteiger partial charge in [-0.2, -0.15) is 4.98 Å². The summed E-state index contributed by atoms with van der Waals surface area (Å²) in [4.78, 5) is 28.1. The minimum Gasteiger partial charge on any atom is -0.465 e. The van der Waals surface area contributed by atoms with Crippen LogP contribution < -0.4 is 10.2 Å². The lowest BCUT2D eigenvalue weighted by Crippen LogP contribution is -2.70. The Morgan fingerprint density at radius 1 is 1.24 bits per heavy atom. The van der Waals surface area contributed by atoms with E-state index in [-0.39, 0.29) is 32.5 Å². The maximum Gasteiger partial charge on any atom is 0.408 e. The third-order valence-electron chi connectivity index (χ3n) is 8.81. The zero-order chi connectivity index (χ0) is 27.6. The molecule has 5 rings (SSSR count). The van der Waals surface area contributed by atoms with Crippen LogP contribution in [0.5, 0.6) is 0 Å². The molecular formula is C27H37BrClFN6O2. The number of nitrogens with zero attached hydrogens (tertiary/aromatic N) is 5. The highest BCUT2D eigenvalue weighted by Gasteiger charge is 2.51. The Bertz CT molecular complexity index is 1250. The highest BCUT2D eigenvalue weighted by Crippen LogP contribution is 2.43. The zero-order valence-corrected chi connectivity index (χ0v) is 25.0. The van der Waals surface area contributed by atoms with E-state index in [4.69, 9.17) is 16.6 Å². The number of carboxylic acid groups (broad SMARTS) is 1. The van der Waals surface area contributed by atoms with Crippen LogP contribution >= 0.6 is 27.5 Å². The molecule has 2 aliphatic heterocycles. The van der Waals surface area contributed by atoms with Crippen molar-refractivity contribution in [1.82, 2.24) is 19.8 Å². The number of aromatic nitrogens is 2. The molecule has 11 heteroatoms. The van der Waals surface area contributed by atoms with Gasteiger partial charge in [0.15, 0.2) is 5.82 Å². The molecule has 1 aromatic heterocycles. The first-order chi connectivity index (χ1) is 17.8. The van der Waals surface area contributed by atoms with Gasteiger partial charge in [-0.15, -0.1) is 0 Å². The fourth-order valence-corrected chi connectivity index (χ4v) is 6.55. The van der Waals surface area contributed by atoms with Crippen LogP contribution in [0.3, 0.4) is 0 Å². The molecule has 1 aromatic carbocycles. The number of hydrogen-bond donors (Lipinski definition) is 2. The summed E-state index contributed by atoms with van der Waals surface area (Å²) in [5, 5.41) is 14.4. The average molecular weight is 612 g/mol. The van der Waals surface area contributed by atoms with Crippen LogP contribution in [0.25, 0.3) is 10.9 Å². The minimum atomic E-state index is -0.944. The van der Waals surface area contributed by atoms with Crippen LogP contribution in [0, 0.1) is 11.2 Å². The molecule has 3 heterocycles. The number of fused-ring (bicyclic) bond motifs is 1. The van der Waals surface area contributed by atoms with Gasteiger partial charge in [-0.25, -0.2) is 14.2 Å². The summed E-state index contributed by atoms with van der Waals surface area (Å²) in [6, 6.07) is 2.34. The van der Waals surface area contributed by atoms with Crippen molar-refractivity contribution in [2.24, 2.45) is 5.41 Å². The van der Waals surface area contributed by atoms with E-state index in [0.717, 1.165) is 32.0 Å². The number of hydrogen-bond acceptors (Lipinski definition) is 6. The molecule has 0 spiro atoms. The molecule has 2 N–H and O–H groups in total. The molecule has 1 saturated carbocycles. The van der Waals surface area contributed by atoms with Crippen molar-refractivity contribution in [3.8, 4) is 0 Å². The zero-order valence-electron chi connectivity index (χ0n) is 22.7. The number of amides is 1. The minimum absolute atomic E-state index is 0.170. The summed E-state index contributed by atoms with van der Waals surface area (Å²) < 4.78 is 15.7. The van der Waals surface area contributed by atoms with Gasteiger partial charge >= 0.3 is 6.09 Å². The predicted octanol–water partition coefficient (Wildman–Crippen LogP) is 6.22. The van der Waals surface area contributed by atoms with Crippen molar-refractivity contribution >= 4 is 56.3 Å². The third-order valence-corrected chi connectivity index (χ3v) is 10.1. The number of halogens is 3. The average Bonchev–Trinajstić information content (AvgIpc) is 3.67. The molecule has 0 radical (unpaired) electrons. The van der Waals surface area contributed by atoms with Crippen LogP contribution in [0.15, 0.2) is 10.5 Å². The van der Waals surface area contributed by atoms with Crippen molar-refractivity contribution in [3.63, 3.8) is 0 Å². The number of piperazine rings is 1. The van der Waals surface area contributed by atoms with Gasteiger partial charge in [-0.3, -0.25) is 4.90 Å². The van der Waals surface area contributed by atoms with E-state index in [1.807, 2.05) is 34.6 Å². The largest absolute Gasteiger partial charge is 0.465 e. The van der Waals surface area contributed by atoms with Gasteiger partial charge in [0, 0.05) is 43.6 Å². The lowest BCUT2D eigenvalue weighted by Gasteiger charge is -2.57. The summed E-state index contributed by atoms with van der Waals surface area (Å²) in [6.45, 7) is 12.9. The van der Waals surface area contributed by atoms with Gasteiger partial charge in [-0.1, -0.05) is 32.4 Å². The topological polar surface area (TPSA) is 84.8 Å². The van der Waals surface area contributed by atoms with Crippen LogP contribution in [0.4, 0.5) is 21.0 Å². The molecule has 8 nitrogen and oxygen atoms in total. The van der Waals surface area contributed by atoms with E-state index in [1.165, 1.54) is 12.8 Å². The number of piperidine rings is 1. The second-order valence-electron chi connectivity index (χ2n) is 12.3. The van der Waals surface area contributed by atoms with E-state index < -0.39 is 17.4 Å². The molecule has 2 atom stereocenters. The van der Waals surface area contributed by atoms with Crippen molar-refractivity contribution in [2.75, 3.05) is 36.4 Å². The normalized spacial score (nSPS) is 25.7. The van der Waals surface area contributed by atoms with E-state index in [1.54, 1.807) is 11.0 Å². The first kappa shape index (κ1) is 27.6. The Hall–Kier alpha value is -1.91. The molecule has 0 bridgehead atoms. The van der Waals surface area contributed by atoms with Gasteiger partial charge in [0.1, 0.15) is 11.3 Å². The molecule has 1 aliphatic carbocycles. The fraction of sp³-hybridized carbons (Fsp3) is 0.667. The number of rotatable bonds is 4. The highest BCUT2D eigenvalue weighted by atomic mass is 79.9. The summed E-state index contributed by atoms with van der Waals surface area (Å²) in [7, 11) is 0. The van der Waals surface area contributed by atoms with Crippen molar-refractivity contribution in [3.05, 3.63) is 21.4 Å². The van der Waals surface area contributed by atoms with Gasteiger partial charge < -0.3 is 20.2 Å². The highest BCUT2D eigenvalue weighted by molar-refractivity contribution is 9.10. The van der Waals surface area contributed by atoms with Crippen LogP contribution in [-0.4, -0.2) is 80.8 Å². The Labute approximate surface area is 237 Å². The molecule has 208 valence electrons. The third kappa shape index (κ3) is 4.92. The lowest BCUT2D eigenvalue weighted by molar-refractivity contribution is -0.0171. The van der Waals surface area contributed by atoms with E-state index >= 15 is 4.39 Å². The lowest BCUT2D eigenvalue weighted by atomic mass is 9.71. The molecule has 2 saturated heterocycles. The van der Waals surface area contributed by atoms with Gasteiger partial charge in [0.05, 0.1) is 21.1 Å². The monoisotopic (exact) mass is 610 g/mol. The van der Waals surface area contributed by atoms with Crippen molar-refractivity contribution in [1.29, 1.82) is 0 Å². The van der Waals surface area contributed by atoms with Crippen LogP contribution in [0.1, 0.15) is 60.3 Å². The van der Waals surface area contributed by atoms with Crippen LogP contribution in [0.2, 0.25) is 5.02 Å². The van der Waals surface area contributed by atoms with Crippen LogP contribution in [-0.2, 0) is 0 Å². The Kier molecular flexibility index (Phi) is 7.22. The smallest absolute Gasteiger partial charge is 0.408 e. The number of nitrogens with one attached hydrogen (secondary N) is 1. The van der Waals surface area contributed by atoms with E-state index in [2.05, 4.69) is 36.0 Å². The molecule has 1 amide bonds. The standard InChI is InChI=1S/C27H37BrClFN6O2/c1-15-13-35(14-27(5,26(2,3)4)36(15)25(37)38)23-18-12-19(29)20(28)21(30)22(18)32-24(33-23)31-16-8-10-34(11-9-16)17-6-7-17/h12,15-17H,6-11,13-14H2,1-5H3,(H,37,38)(H,31,32,33)/t15-,27-/m1/s1. The summed E-state index contributed by atoms with van der Waals surface area (Å²) in [6.07, 6.45) is 3.62. The number of benzene rings is 1. The number of carbonyl (C=O) groups is 1. The number of likely N-dealkylation sites (tertiary alicyclic amines) is 1. The Morgan fingerprint density at radius 2 is 1.89 bits per heavy atom. The second-order valence-corrected chi connectivity index (χ2v) is 13.5. The SMILES string of the molecule is C[C@@H]1CN(c2nc(NC3CCN(C4CC4)CC3)nc3c(F)c(Br)c(Cl)cc23)C[C@](C)(C(C)(C)C)N1C(=O)O. The predicted molar refractivity (Wildman–Crippen MR) is 153 cm³/mol. The first-order valence-electron chi connectivity index (χ1n) is 13.4. The summed E-state index contributed by atoms with van der Waals surface area (Å²) in [5.41, 5.74) is -0.909. The summed E-state index contributed by atoms with van der Waals surface area (Å²) in [5.74, 6) is 0.420. The molecule has 0 unspecified atom stereocenters. The summed E-state index contributed by atoms with van der Waals surface area (Å²) >= 11 is 9.67. The van der Waals surface area contributed by atoms with E-state index in [0.29, 0.717) is 30.2 Å². The Morgan fingerprint density at radius 3 is 2.47 bits per heavy atom. The van der Waals surface area contributed by atoms with Crippen molar-refractivity contribution < 1.29 is 14.3 Å². The second kappa shape index (κ2) is 9.93. The molecule has 38 heavy (non-hydrogen) atoms. The van der Waals surface area contributed by atoms with Crippen molar-refractivity contribution in [2.45, 2.75) is 84.0 Å². The van der Waals surface area contributed by atoms with Gasteiger partial charge in [-0.05, 0) is 66.9 Å². The maximum absolute atomic E-state index is 15.5. The molecule has 3 fully saturated rings. The molecule has 3 aliphatic rings. The van der Waals surface area contributed by atoms with Gasteiger partial charge in [0.2, 0.25) is 5.95 Å². The Balaban J connectivity index is 1.54. The maximum atomic E-state index is 15.5. The van der Waals surface area contributed by atoms with Gasteiger partial charge in [0.25, 0.3) is 0 Å². The molecule has 2 aromatic rings. The quantitative estimate of drug-likeness (QED) is 0.397. The first-order valence-corrected chi connectivity index (χ1v) is 14.6. The number of anilines is 2. The fourth-order valence-electron chi connectivity index (χ4n) is 6.05. The molecular weight excluding hydrogens is 575 g/mol. The van der Waals surface area contributed by atoms with E-state index in [9.17, 15) is 9.90 Å².